The minimum atomic E-state index is -1.19. The molecule has 0 fully saturated rings. The molecular formula is C13H19O6-. The highest BCUT2D eigenvalue weighted by atomic mass is 16.5. The molecule has 0 aromatic rings. The smallest absolute Gasteiger partial charge is 0.330 e. The molecule has 0 heterocycles. The number of carboxylic acids is 2. The van der Waals surface area contributed by atoms with Gasteiger partial charge in [0.1, 0.15) is 0 Å². The average molecular weight is 271 g/mol. The van der Waals surface area contributed by atoms with Gasteiger partial charge < -0.3 is 19.7 Å². The maximum absolute atomic E-state index is 10.1. The number of aliphatic carboxylic acids is 2. The Kier molecular flexibility index (Phi) is 15.8. The maximum Gasteiger partial charge on any atom is 0.330 e. The summed E-state index contributed by atoms with van der Waals surface area (Å²) in [5, 5.41) is 17.4. The van der Waals surface area contributed by atoms with Crippen molar-refractivity contribution in [2.75, 3.05) is 6.61 Å². The Morgan fingerprint density at radius 3 is 1.58 bits per heavy atom. The van der Waals surface area contributed by atoms with Gasteiger partial charge >= 0.3 is 11.9 Å². The molecule has 1 N–H and O–H groups in total. The number of hydrogen-bond acceptors (Lipinski definition) is 5. The summed E-state index contributed by atoms with van der Waals surface area (Å²) in [6.45, 7) is 14.5. The van der Waals surface area contributed by atoms with Crippen LogP contribution in [0.15, 0.2) is 37.0 Å². The van der Waals surface area contributed by atoms with Gasteiger partial charge in [-0.05, 0) is 26.3 Å². The fraction of sp³-hybridized carbons (Fsp3) is 0.308. The van der Waals surface area contributed by atoms with E-state index in [1.807, 2.05) is 0 Å². The van der Waals surface area contributed by atoms with E-state index in [9.17, 15) is 19.5 Å². The van der Waals surface area contributed by atoms with Crippen LogP contribution >= 0.6 is 0 Å². The molecule has 19 heavy (non-hydrogen) atoms. The first-order valence-electron chi connectivity index (χ1n) is 5.14. The summed E-state index contributed by atoms with van der Waals surface area (Å²) in [5.41, 5.74) is 0.241. The molecule has 0 unspecified atom stereocenters. The Balaban J connectivity index is -0.000000203. The van der Waals surface area contributed by atoms with Crippen molar-refractivity contribution in [1.82, 2.24) is 0 Å². The second-order valence-corrected chi connectivity index (χ2v) is 3.11. The van der Waals surface area contributed by atoms with Gasteiger partial charge in [-0.3, -0.25) is 0 Å². The third kappa shape index (κ3) is 25.7. The molecule has 0 bridgehead atoms. The molecule has 108 valence electrons. The van der Waals surface area contributed by atoms with E-state index in [1.54, 1.807) is 6.92 Å². The van der Waals surface area contributed by atoms with Crippen LogP contribution in [0.4, 0.5) is 0 Å². The van der Waals surface area contributed by atoms with Crippen molar-refractivity contribution in [3.8, 4) is 0 Å². The molecule has 0 saturated carbocycles. The van der Waals surface area contributed by atoms with E-state index in [0.717, 1.165) is 6.08 Å². The molecule has 0 aliphatic rings. The van der Waals surface area contributed by atoms with Crippen LogP contribution in [0.3, 0.4) is 0 Å². The zero-order chi connectivity index (χ0) is 16.0. The first-order valence-corrected chi connectivity index (χ1v) is 5.14. The second kappa shape index (κ2) is 13.7. The van der Waals surface area contributed by atoms with E-state index in [2.05, 4.69) is 24.5 Å². The van der Waals surface area contributed by atoms with Crippen molar-refractivity contribution in [2.45, 2.75) is 20.8 Å². The van der Waals surface area contributed by atoms with E-state index in [1.165, 1.54) is 13.8 Å². The van der Waals surface area contributed by atoms with E-state index >= 15 is 0 Å². The summed E-state index contributed by atoms with van der Waals surface area (Å²) >= 11 is 0. The molecule has 0 atom stereocenters. The first kappa shape index (κ1) is 21.9. The van der Waals surface area contributed by atoms with Crippen LogP contribution in [0, 0.1) is 0 Å². The maximum atomic E-state index is 10.1. The zero-order valence-corrected chi connectivity index (χ0v) is 11.4. The summed E-state index contributed by atoms with van der Waals surface area (Å²) in [6.07, 6.45) is 1.14. The highest BCUT2D eigenvalue weighted by molar-refractivity contribution is 5.84. The molecule has 0 saturated heterocycles. The summed E-state index contributed by atoms with van der Waals surface area (Å²) < 4.78 is 4.43. The molecule has 0 amide bonds. The summed E-state index contributed by atoms with van der Waals surface area (Å²) in [4.78, 5) is 29.2. The van der Waals surface area contributed by atoms with E-state index in [-0.39, 0.29) is 17.1 Å². The fourth-order valence-corrected chi connectivity index (χ4v) is 0.201. The molecule has 0 spiro atoms. The van der Waals surface area contributed by atoms with Crippen molar-refractivity contribution in [3.63, 3.8) is 0 Å². The Bertz CT molecular complexity index is 306. The van der Waals surface area contributed by atoms with Gasteiger partial charge in [-0.2, -0.15) is 0 Å². The molecule has 6 heteroatoms. The number of rotatable bonds is 4. The quantitative estimate of drug-likeness (QED) is 0.596. The Labute approximate surface area is 112 Å². The number of hydrogen-bond donors (Lipinski definition) is 1. The van der Waals surface area contributed by atoms with Crippen molar-refractivity contribution < 1.29 is 29.3 Å². The zero-order valence-electron chi connectivity index (χ0n) is 11.4. The van der Waals surface area contributed by atoms with Gasteiger partial charge in [0.15, 0.2) is 0 Å². The van der Waals surface area contributed by atoms with Gasteiger partial charge in [0, 0.05) is 11.6 Å². The molecule has 0 aromatic heterocycles. The summed E-state index contributed by atoms with van der Waals surface area (Å²) in [7, 11) is 0. The standard InChI is InChI=1S/C5H8O2.2C4H6O2/c1-3-5(6)7-4-2;2*1-3(2)4(5)6/h3H,1,4H2,2H3;2*1H2,2H3,(H,5,6)/p-1. The predicted octanol–water partition coefficient (Wildman–Crippen LogP) is 0.695. The Morgan fingerprint density at radius 2 is 1.53 bits per heavy atom. The monoisotopic (exact) mass is 271 g/mol. The highest BCUT2D eigenvalue weighted by Crippen LogP contribution is 1.81. The van der Waals surface area contributed by atoms with Gasteiger partial charge in [0.2, 0.25) is 0 Å². The number of carboxylic acid groups (broad SMARTS) is 2. The second-order valence-electron chi connectivity index (χ2n) is 3.11. The highest BCUT2D eigenvalue weighted by Gasteiger charge is 1.90. The van der Waals surface area contributed by atoms with Crippen LogP contribution < -0.4 is 5.11 Å². The molecule has 6 nitrogen and oxygen atoms in total. The largest absolute Gasteiger partial charge is 0.545 e. The normalized spacial score (nSPS) is 7.53. The van der Waals surface area contributed by atoms with Crippen LogP contribution in [0.5, 0.6) is 0 Å². The van der Waals surface area contributed by atoms with Crippen molar-refractivity contribution in [3.05, 3.63) is 37.0 Å². The number of esters is 1. The van der Waals surface area contributed by atoms with Gasteiger partial charge in [-0.1, -0.05) is 19.7 Å². The molecule has 0 rings (SSSR count). The number of ether oxygens (including phenoxy) is 1. The predicted molar refractivity (Wildman–Crippen MR) is 69.1 cm³/mol. The lowest BCUT2D eigenvalue weighted by Gasteiger charge is -1.93. The van der Waals surface area contributed by atoms with Gasteiger partial charge in [0.25, 0.3) is 0 Å². The lowest BCUT2D eigenvalue weighted by atomic mass is 10.4. The lowest BCUT2D eigenvalue weighted by Crippen LogP contribution is -2.22. The average Bonchev–Trinajstić information content (AvgIpc) is 2.30. The molecule has 0 aromatic carbocycles. The molecule has 0 radical (unpaired) electrons. The van der Waals surface area contributed by atoms with Crippen LogP contribution in [-0.2, 0) is 19.1 Å². The van der Waals surface area contributed by atoms with Crippen LogP contribution in [0.2, 0.25) is 0 Å². The van der Waals surface area contributed by atoms with Crippen LogP contribution in [-0.4, -0.2) is 29.6 Å². The number of carbonyl (C=O) groups excluding carboxylic acids is 2. The third-order valence-corrected chi connectivity index (χ3v) is 1.17. The van der Waals surface area contributed by atoms with Crippen molar-refractivity contribution in [2.24, 2.45) is 0 Å². The summed E-state index contributed by atoms with van der Waals surface area (Å²) in [5.74, 6) is -2.48. The van der Waals surface area contributed by atoms with Crippen LogP contribution in [0.25, 0.3) is 0 Å². The van der Waals surface area contributed by atoms with Crippen molar-refractivity contribution >= 4 is 17.9 Å². The van der Waals surface area contributed by atoms with Crippen molar-refractivity contribution in [1.29, 1.82) is 0 Å². The SMILES string of the molecule is C=C(C)C(=O)O.C=C(C)C(=O)[O-].C=CC(=O)OCC. The van der Waals surface area contributed by atoms with Gasteiger partial charge in [-0.15, -0.1) is 0 Å². The van der Waals surface area contributed by atoms with E-state index in [0.29, 0.717) is 6.61 Å². The lowest BCUT2D eigenvalue weighted by molar-refractivity contribution is -0.299. The molecule has 0 aliphatic heterocycles. The number of carbonyl (C=O) groups is 3. The third-order valence-electron chi connectivity index (χ3n) is 1.17. The topological polar surface area (TPSA) is 104 Å². The van der Waals surface area contributed by atoms with Gasteiger partial charge in [0.05, 0.1) is 12.6 Å². The molecule has 0 aliphatic carbocycles. The fourth-order valence-electron chi connectivity index (χ4n) is 0.201. The Morgan fingerprint density at radius 1 is 1.21 bits per heavy atom. The molecular weight excluding hydrogens is 252 g/mol. The minimum absolute atomic E-state index is 0.0648. The Hall–Kier alpha value is -2.37. The van der Waals surface area contributed by atoms with Crippen LogP contribution in [0.1, 0.15) is 20.8 Å². The van der Waals surface area contributed by atoms with E-state index < -0.39 is 11.9 Å². The first-order chi connectivity index (χ1) is 8.59. The minimum Gasteiger partial charge on any atom is -0.545 e. The summed E-state index contributed by atoms with van der Waals surface area (Å²) in [6, 6.07) is 0. The van der Waals surface area contributed by atoms with Gasteiger partial charge in [-0.25, -0.2) is 9.59 Å². The van der Waals surface area contributed by atoms with E-state index in [4.69, 9.17) is 5.11 Å².